The SMILES string of the molecule is CC(C)Nc1cccnc1N1CCN(C(=O)c2ccc(C(=O)N(CCO)CCO)cc2)CC1. The predicted molar refractivity (Wildman–Crippen MR) is 128 cm³/mol. The van der Waals surface area contributed by atoms with Gasteiger partial charge < -0.3 is 30.2 Å². The van der Waals surface area contributed by atoms with E-state index >= 15 is 0 Å². The van der Waals surface area contributed by atoms with Crippen LogP contribution in [0, 0.1) is 0 Å². The quantitative estimate of drug-likeness (QED) is 0.523. The molecule has 2 aromatic rings. The average Bonchev–Trinajstić information content (AvgIpc) is 2.83. The summed E-state index contributed by atoms with van der Waals surface area (Å²) in [6, 6.07) is 10.8. The molecule has 0 radical (unpaired) electrons. The van der Waals surface area contributed by atoms with Gasteiger partial charge in [-0.25, -0.2) is 4.98 Å². The number of carbonyl (C=O) groups is 2. The number of nitrogens with one attached hydrogen (secondary N) is 1. The van der Waals surface area contributed by atoms with Gasteiger partial charge in [-0.1, -0.05) is 0 Å². The topological polar surface area (TPSA) is 109 Å². The standard InChI is InChI=1S/C24H33N5O4/c1-18(2)26-21-4-3-9-25-22(21)27-10-12-28(13-11-27)23(32)19-5-7-20(8-6-19)24(33)29(14-16-30)15-17-31/h3-9,18,26,30-31H,10-17H2,1-2H3. The van der Waals surface area contributed by atoms with Crippen molar-refractivity contribution in [2.45, 2.75) is 19.9 Å². The molecule has 3 N–H and O–H groups in total. The van der Waals surface area contributed by atoms with E-state index < -0.39 is 0 Å². The van der Waals surface area contributed by atoms with Gasteiger partial charge >= 0.3 is 0 Å². The van der Waals surface area contributed by atoms with Gasteiger partial charge in [0.1, 0.15) is 0 Å². The zero-order valence-electron chi connectivity index (χ0n) is 19.3. The molecule has 0 atom stereocenters. The number of aromatic nitrogens is 1. The number of aliphatic hydroxyl groups excluding tert-OH is 2. The molecule has 1 aliphatic heterocycles. The van der Waals surface area contributed by atoms with Gasteiger partial charge in [0.2, 0.25) is 0 Å². The van der Waals surface area contributed by atoms with Crippen LogP contribution < -0.4 is 10.2 Å². The normalized spacial score (nSPS) is 13.8. The largest absolute Gasteiger partial charge is 0.395 e. The Bertz CT molecular complexity index is 921. The van der Waals surface area contributed by atoms with Crippen LogP contribution in [0.3, 0.4) is 0 Å². The molecule has 33 heavy (non-hydrogen) atoms. The lowest BCUT2D eigenvalue weighted by Crippen LogP contribution is -2.49. The number of carbonyl (C=O) groups excluding carboxylic acids is 2. The van der Waals surface area contributed by atoms with Crippen LogP contribution in [0.5, 0.6) is 0 Å². The lowest BCUT2D eigenvalue weighted by molar-refractivity contribution is 0.0683. The Morgan fingerprint density at radius 3 is 2.18 bits per heavy atom. The van der Waals surface area contributed by atoms with Crippen molar-refractivity contribution in [3.63, 3.8) is 0 Å². The summed E-state index contributed by atoms with van der Waals surface area (Å²) in [6.07, 6.45) is 1.78. The molecule has 0 aliphatic carbocycles. The van der Waals surface area contributed by atoms with E-state index in [-0.39, 0.29) is 38.1 Å². The minimum Gasteiger partial charge on any atom is -0.395 e. The molecule has 1 aromatic carbocycles. The Morgan fingerprint density at radius 1 is 1.00 bits per heavy atom. The third-order valence-corrected chi connectivity index (χ3v) is 5.50. The highest BCUT2D eigenvalue weighted by molar-refractivity contribution is 5.98. The van der Waals surface area contributed by atoms with E-state index in [9.17, 15) is 9.59 Å². The summed E-state index contributed by atoms with van der Waals surface area (Å²) in [5, 5.41) is 21.7. The molecule has 0 spiro atoms. The molecule has 9 nitrogen and oxygen atoms in total. The third-order valence-electron chi connectivity index (χ3n) is 5.50. The number of aliphatic hydroxyl groups is 2. The van der Waals surface area contributed by atoms with Crippen LogP contribution in [0.25, 0.3) is 0 Å². The molecule has 1 fully saturated rings. The molecule has 2 amide bonds. The fraction of sp³-hybridized carbons (Fsp3) is 0.458. The number of benzene rings is 1. The number of anilines is 2. The number of piperazine rings is 1. The second-order valence-electron chi connectivity index (χ2n) is 8.27. The van der Waals surface area contributed by atoms with Crippen molar-refractivity contribution >= 4 is 23.3 Å². The summed E-state index contributed by atoms with van der Waals surface area (Å²) < 4.78 is 0. The lowest BCUT2D eigenvalue weighted by atomic mass is 10.1. The minimum absolute atomic E-state index is 0.0715. The Hall–Kier alpha value is -3.17. The van der Waals surface area contributed by atoms with E-state index in [4.69, 9.17) is 10.2 Å². The lowest BCUT2D eigenvalue weighted by Gasteiger charge is -2.36. The molecular formula is C24H33N5O4. The van der Waals surface area contributed by atoms with E-state index in [1.54, 1.807) is 30.5 Å². The minimum atomic E-state index is -0.285. The molecule has 178 valence electrons. The molecule has 0 unspecified atom stereocenters. The highest BCUT2D eigenvalue weighted by Crippen LogP contribution is 2.25. The molecule has 0 bridgehead atoms. The fourth-order valence-corrected chi connectivity index (χ4v) is 3.87. The van der Waals surface area contributed by atoms with Gasteiger partial charge in [-0.2, -0.15) is 0 Å². The molecule has 0 saturated carbocycles. The summed E-state index contributed by atoms with van der Waals surface area (Å²) in [5.74, 6) is 0.543. The van der Waals surface area contributed by atoms with Crippen molar-refractivity contribution in [2.24, 2.45) is 0 Å². The van der Waals surface area contributed by atoms with Gasteiger partial charge in [0.15, 0.2) is 5.82 Å². The van der Waals surface area contributed by atoms with E-state index in [2.05, 4.69) is 29.0 Å². The second-order valence-corrected chi connectivity index (χ2v) is 8.27. The number of hydrogen-bond acceptors (Lipinski definition) is 7. The number of hydrogen-bond donors (Lipinski definition) is 3. The molecule has 9 heteroatoms. The maximum atomic E-state index is 13.0. The second kappa shape index (κ2) is 11.6. The average molecular weight is 456 g/mol. The van der Waals surface area contributed by atoms with Crippen LogP contribution in [-0.2, 0) is 0 Å². The Balaban J connectivity index is 1.62. The first-order valence-corrected chi connectivity index (χ1v) is 11.3. The third kappa shape index (κ3) is 6.21. The van der Waals surface area contributed by atoms with Gasteiger partial charge in [-0.15, -0.1) is 0 Å². The monoisotopic (exact) mass is 455 g/mol. The van der Waals surface area contributed by atoms with Crippen LogP contribution in [0.15, 0.2) is 42.6 Å². The van der Waals surface area contributed by atoms with Crippen LogP contribution in [0.4, 0.5) is 11.5 Å². The fourth-order valence-electron chi connectivity index (χ4n) is 3.87. The first kappa shape index (κ1) is 24.5. The maximum Gasteiger partial charge on any atom is 0.254 e. The smallest absolute Gasteiger partial charge is 0.254 e. The molecule has 1 aromatic heterocycles. The Morgan fingerprint density at radius 2 is 1.61 bits per heavy atom. The molecule has 1 saturated heterocycles. The first-order chi connectivity index (χ1) is 15.9. The van der Waals surface area contributed by atoms with E-state index in [0.717, 1.165) is 11.5 Å². The van der Waals surface area contributed by atoms with Gasteiger partial charge in [-0.05, 0) is 50.2 Å². The van der Waals surface area contributed by atoms with Crippen molar-refractivity contribution < 1.29 is 19.8 Å². The molecule has 2 heterocycles. The van der Waals surface area contributed by atoms with Crippen LogP contribution >= 0.6 is 0 Å². The van der Waals surface area contributed by atoms with Crippen molar-refractivity contribution in [1.82, 2.24) is 14.8 Å². The number of rotatable bonds is 9. The highest BCUT2D eigenvalue weighted by atomic mass is 16.3. The summed E-state index contributed by atoms with van der Waals surface area (Å²) in [7, 11) is 0. The number of pyridine rings is 1. The van der Waals surface area contributed by atoms with Crippen molar-refractivity contribution in [2.75, 3.05) is 62.7 Å². The zero-order valence-corrected chi connectivity index (χ0v) is 19.3. The van der Waals surface area contributed by atoms with E-state index in [1.807, 2.05) is 17.0 Å². The van der Waals surface area contributed by atoms with Crippen molar-refractivity contribution in [3.05, 3.63) is 53.7 Å². The summed E-state index contributed by atoms with van der Waals surface area (Å²) in [5.41, 5.74) is 1.93. The first-order valence-electron chi connectivity index (χ1n) is 11.3. The van der Waals surface area contributed by atoms with Crippen LogP contribution in [0.1, 0.15) is 34.6 Å². The van der Waals surface area contributed by atoms with E-state index in [1.165, 1.54) is 4.90 Å². The highest BCUT2D eigenvalue weighted by Gasteiger charge is 2.24. The molecule has 3 rings (SSSR count). The van der Waals surface area contributed by atoms with Crippen molar-refractivity contribution in [3.8, 4) is 0 Å². The predicted octanol–water partition coefficient (Wildman–Crippen LogP) is 1.29. The Labute approximate surface area is 194 Å². The molecule has 1 aliphatic rings. The summed E-state index contributed by atoms with van der Waals surface area (Å²) in [6.45, 7) is 6.64. The van der Waals surface area contributed by atoms with Crippen LogP contribution in [-0.4, -0.2) is 95.3 Å². The maximum absolute atomic E-state index is 13.0. The molecular weight excluding hydrogens is 422 g/mol. The summed E-state index contributed by atoms with van der Waals surface area (Å²) in [4.78, 5) is 35.5. The number of amides is 2. The number of nitrogens with zero attached hydrogens (tertiary/aromatic N) is 4. The van der Waals surface area contributed by atoms with Crippen LogP contribution in [0.2, 0.25) is 0 Å². The Kier molecular flexibility index (Phi) is 8.62. The van der Waals surface area contributed by atoms with Gasteiger partial charge in [0.25, 0.3) is 11.8 Å². The van der Waals surface area contributed by atoms with Gasteiger partial charge in [-0.3, -0.25) is 9.59 Å². The summed E-state index contributed by atoms with van der Waals surface area (Å²) >= 11 is 0. The van der Waals surface area contributed by atoms with Gasteiger partial charge in [0, 0.05) is 62.6 Å². The van der Waals surface area contributed by atoms with Crippen molar-refractivity contribution in [1.29, 1.82) is 0 Å². The van der Waals surface area contributed by atoms with E-state index in [0.29, 0.717) is 43.3 Å². The zero-order chi connectivity index (χ0) is 23.8. The van der Waals surface area contributed by atoms with Gasteiger partial charge in [0.05, 0.1) is 18.9 Å².